The molecule has 0 radical (unpaired) electrons. The lowest BCUT2D eigenvalue weighted by Gasteiger charge is -2.09. The molecular formula is C96H67F15N14O15. The summed E-state index contributed by atoms with van der Waals surface area (Å²) in [6.07, 6.45) is -12.0. The summed E-state index contributed by atoms with van der Waals surface area (Å²) in [4.78, 5) is 40.2. The fraction of sp³-hybridized carbons (Fsp3) is 0.135. The molecule has 0 bridgehead atoms. The van der Waals surface area contributed by atoms with Crippen LogP contribution in [0.1, 0.15) is 26.1 Å². The number of carbonyl (C=O) groups is 1. The molecule has 19 aromatic rings. The third-order valence-corrected chi connectivity index (χ3v) is 19.1. The van der Waals surface area contributed by atoms with Gasteiger partial charge in [0.15, 0.2) is 39.5 Å². The zero-order valence-corrected chi connectivity index (χ0v) is 72.0. The maximum Gasteiger partial charge on any atom is 0.573 e. The number of rotatable bonds is 27. The second kappa shape index (κ2) is 43.4. The van der Waals surface area contributed by atoms with E-state index in [1.165, 1.54) is 109 Å². The predicted molar refractivity (Wildman–Crippen MR) is 472 cm³/mol. The normalized spacial score (nSPS) is 11.6. The van der Waals surface area contributed by atoms with Crippen molar-refractivity contribution in [2.24, 2.45) is 5.92 Å². The molecule has 0 amide bonds. The molecular weight excluding hydrogens is 1870 g/mol. The number of hydrogen-bond acceptors (Lipinski definition) is 29. The average molecular weight is 1940 g/mol. The maximum absolute atomic E-state index is 12.3. The lowest BCUT2D eigenvalue weighted by molar-refractivity contribution is -0.275. The standard InChI is InChI=1S/C20H15F3N4O3.C20H18F3NO4.C19H13F3N4O2.C19H11F3N2O3.C18H10F3N3O3/c21-20(22,23)29-15-5-2-13(3-6-15)14-4-7-17-16(12-14)18(27-30-17)28-11-10-26-19-24-8-1-9-25-19;1-12(2)9-15(25)11-26-19-17-10-14(5-8-18(17)28-24-19)13-3-6-16(7-4-13)27-20(21,22)23;20-19(21,22)27-14-5-2-12(3-6-14)13-4-7-16-15(10-13)18(26-28-16)25-11-17-23-8-1-9-24-17;20-19(21,22)26-14-7-4-12(5-8-14)13-6-9-16-15(11-13)18(24-27-16)25-17-3-1-2-10-23-17;19-18(20,21)26-13-5-2-11(3-6-13)12-4-7-15-14(10-12)16(24-27-15)25-17-22-8-1-9-23-17/h1-9,12H,10-11H2,(H,24,25,26);3-8,10,12H,9,11H2,1-2H3;1-10H,11H2,(H,25,26);1-11H;1-10H. The van der Waals surface area contributed by atoms with Gasteiger partial charge in [0.1, 0.15) is 47.8 Å². The molecule has 0 aliphatic rings. The van der Waals surface area contributed by atoms with E-state index in [9.17, 15) is 70.7 Å². The van der Waals surface area contributed by atoms with Gasteiger partial charge in [0.05, 0.1) is 40.0 Å². The first-order valence-corrected chi connectivity index (χ1v) is 41.2. The van der Waals surface area contributed by atoms with E-state index in [1.807, 2.05) is 19.9 Å². The molecule has 19 rings (SSSR count). The van der Waals surface area contributed by atoms with Crippen LogP contribution in [0, 0.1) is 5.92 Å². The highest BCUT2D eigenvalue weighted by Crippen LogP contribution is 2.41. The number of nitrogens with one attached hydrogen (secondary N) is 2. The van der Waals surface area contributed by atoms with Crippen LogP contribution in [0.3, 0.4) is 0 Å². The van der Waals surface area contributed by atoms with Crippen LogP contribution in [-0.2, 0) is 11.3 Å². The average Bonchev–Trinajstić information content (AvgIpc) is 1.68. The Labute approximate surface area is 778 Å². The molecule has 0 atom stereocenters. The first-order chi connectivity index (χ1) is 67.1. The summed E-state index contributed by atoms with van der Waals surface area (Å²) in [6.45, 7) is 4.91. The number of hydrogen-bond donors (Lipinski definition) is 2. The van der Waals surface area contributed by atoms with Crippen molar-refractivity contribution in [3.8, 4) is 120 Å². The summed E-state index contributed by atoms with van der Waals surface area (Å²) >= 11 is 0. The quantitative estimate of drug-likeness (QED) is 0.0357. The van der Waals surface area contributed by atoms with Crippen molar-refractivity contribution in [2.75, 3.05) is 30.4 Å². The van der Waals surface area contributed by atoms with Gasteiger partial charge in [-0.3, -0.25) is 4.79 Å². The summed E-state index contributed by atoms with van der Waals surface area (Å²) in [5.74, 6) is 1.74. The molecule has 0 aliphatic heterocycles. The van der Waals surface area contributed by atoms with Crippen molar-refractivity contribution in [1.29, 1.82) is 0 Å². The Balaban J connectivity index is 0.000000132. The van der Waals surface area contributed by atoms with Gasteiger partial charge in [-0.15, -0.1) is 65.9 Å². The molecule has 9 aromatic heterocycles. The summed E-state index contributed by atoms with van der Waals surface area (Å²) in [6, 6.07) is 64.7. The molecule has 140 heavy (non-hydrogen) atoms. The van der Waals surface area contributed by atoms with Gasteiger partial charge in [-0.25, -0.2) is 34.9 Å². The SMILES string of the molecule is CC(C)CC(=O)COc1noc2ccc(-c3ccc(OC(F)(F)F)cc3)cc12.FC(F)(F)Oc1ccc(-c2ccc3onc(NCc4ncccn4)c3c2)cc1.FC(F)(F)Oc1ccc(-c2ccc3onc(OCCNc4ncccn4)c3c2)cc1.FC(F)(F)Oc1ccc(-c2ccc3onc(Oc4ccccn4)c3c2)cc1.FC(F)(F)Oc1ccc(-c2ccc3onc(Oc4ncccn4)c3c2)cc1. The van der Waals surface area contributed by atoms with Crippen molar-refractivity contribution in [1.82, 2.24) is 60.7 Å². The first-order valence-electron chi connectivity index (χ1n) is 41.2. The van der Waals surface area contributed by atoms with Gasteiger partial charge >= 0.3 is 37.8 Å². The van der Waals surface area contributed by atoms with Crippen LogP contribution in [0.15, 0.2) is 315 Å². The van der Waals surface area contributed by atoms with Crippen molar-refractivity contribution < 1.29 is 136 Å². The first kappa shape index (κ1) is 96.9. The van der Waals surface area contributed by atoms with Crippen LogP contribution in [0.5, 0.6) is 64.2 Å². The Morgan fingerprint density at radius 3 is 1.00 bits per heavy atom. The van der Waals surface area contributed by atoms with E-state index in [2.05, 4.69) is 95.0 Å². The highest BCUT2D eigenvalue weighted by molar-refractivity contribution is 5.93. The second-order valence-corrected chi connectivity index (χ2v) is 29.6. The lowest BCUT2D eigenvalue weighted by atomic mass is 10.0. The molecule has 0 fully saturated rings. The van der Waals surface area contributed by atoms with E-state index in [0.29, 0.717) is 127 Å². The van der Waals surface area contributed by atoms with Crippen molar-refractivity contribution in [3.63, 3.8) is 0 Å². The van der Waals surface area contributed by atoms with Crippen LogP contribution in [0.25, 0.3) is 110 Å². The molecule has 29 nitrogen and oxygen atoms in total. The number of alkyl halides is 15. The summed E-state index contributed by atoms with van der Waals surface area (Å²) in [7, 11) is 0. The van der Waals surface area contributed by atoms with Gasteiger partial charge in [0.2, 0.25) is 11.8 Å². The van der Waals surface area contributed by atoms with Crippen molar-refractivity contribution in [2.45, 2.75) is 58.6 Å². The maximum atomic E-state index is 12.3. The minimum absolute atomic E-state index is 0.0393. The molecule has 716 valence electrons. The van der Waals surface area contributed by atoms with Gasteiger partial charge in [-0.1, -0.05) is 116 Å². The largest absolute Gasteiger partial charge is 0.573 e. The highest BCUT2D eigenvalue weighted by Gasteiger charge is 2.35. The van der Waals surface area contributed by atoms with Crippen LogP contribution in [-0.4, -0.2) is 118 Å². The molecule has 44 heteroatoms. The van der Waals surface area contributed by atoms with E-state index in [0.717, 1.165) is 38.8 Å². The Bertz CT molecular complexity index is 7120. The molecule has 0 unspecified atom stereocenters. The Morgan fingerprint density at radius 2 is 0.636 bits per heavy atom. The number of halogens is 15. The van der Waals surface area contributed by atoms with Crippen molar-refractivity contribution >= 4 is 72.4 Å². The lowest BCUT2D eigenvalue weighted by Crippen LogP contribution is -2.16. The number of benzene rings is 10. The van der Waals surface area contributed by atoms with Gasteiger partial charge in [-0.05, 0) is 228 Å². The molecule has 0 spiro atoms. The van der Waals surface area contributed by atoms with Crippen LogP contribution < -0.4 is 53.3 Å². The predicted octanol–water partition coefficient (Wildman–Crippen LogP) is 25.4. The van der Waals surface area contributed by atoms with Gasteiger partial charge in [0.25, 0.3) is 23.5 Å². The van der Waals surface area contributed by atoms with Gasteiger partial charge in [-0.2, -0.15) is 0 Å². The number of pyridine rings is 1. The van der Waals surface area contributed by atoms with E-state index in [-0.39, 0.29) is 70.7 Å². The van der Waals surface area contributed by atoms with E-state index in [4.69, 9.17) is 41.6 Å². The van der Waals surface area contributed by atoms with Crippen LogP contribution >= 0.6 is 0 Å². The summed E-state index contributed by atoms with van der Waals surface area (Å²) in [5.41, 5.74) is 9.91. The fourth-order valence-electron chi connectivity index (χ4n) is 13.1. The summed E-state index contributed by atoms with van der Waals surface area (Å²) < 4.78 is 252. The second-order valence-electron chi connectivity index (χ2n) is 29.6. The zero-order valence-electron chi connectivity index (χ0n) is 72.0. The van der Waals surface area contributed by atoms with Gasteiger partial charge in [0, 0.05) is 55.9 Å². The number of fused-ring (bicyclic) bond motifs is 5. The molecule has 9 heterocycles. The fourth-order valence-corrected chi connectivity index (χ4v) is 13.1. The zero-order chi connectivity index (χ0) is 98.6. The number of carbonyl (C=O) groups excluding carboxylic acids is 1. The molecule has 0 saturated carbocycles. The Kier molecular flexibility index (Phi) is 30.0. The minimum atomic E-state index is -4.73. The third kappa shape index (κ3) is 27.8. The third-order valence-electron chi connectivity index (χ3n) is 19.1. The number of Topliss-reactive ketones (excluding diaryl/α,β-unsaturated/α-hetero) is 1. The smallest absolute Gasteiger partial charge is 0.473 e. The van der Waals surface area contributed by atoms with E-state index >= 15 is 0 Å². The number of ether oxygens (including phenoxy) is 9. The Morgan fingerprint density at radius 1 is 0.321 bits per heavy atom. The van der Waals surface area contributed by atoms with Gasteiger partial charge < -0.3 is 75.9 Å². The number of ketones is 1. The van der Waals surface area contributed by atoms with Crippen LogP contribution in [0.4, 0.5) is 77.6 Å². The van der Waals surface area contributed by atoms with Crippen LogP contribution in [0.2, 0.25) is 0 Å². The molecule has 10 aromatic carbocycles. The minimum Gasteiger partial charge on any atom is -0.473 e. The van der Waals surface area contributed by atoms with Crippen molar-refractivity contribution in [3.05, 3.63) is 298 Å². The molecule has 2 N–H and O–H groups in total. The number of anilines is 2. The number of nitrogens with zero attached hydrogens (tertiary/aromatic N) is 12. The number of aromatic nitrogens is 12. The highest BCUT2D eigenvalue weighted by atomic mass is 19.4. The monoisotopic (exact) mass is 1940 g/mol. The molecule has 0 aliphatic carbocycles. The Hall–Kier alpha value is -17.6. The van der Waals surface area contributed by atoms with E-state index < -0.39 is 31.8 Å². The summed E-state index contributed by atoms with van der Waals surface area (Å²) in [5, 5.41) is 28.8. The molecule has 0 saturated heterocycles. The van der Waals surface area contributed by atoms with E-state index in [1.54, 1.807) is 177 Å². The topological polar surface area (TPSA) is 345 Å².